The minimum atomic E-state index is -4.38. The number of benzene rings is 2. The Kier molecular flexibility index (Phi) is 8.49. The predicted octanol–water partition coefficient (Wildman–Crippen LogP) is 7.94. The molecular weight excluding hydrogens is 551 g/mol. The average Bonchev–Trinajstić information content (AvgIpc) is 3.18. The number of carbonyl (C=O) groups excluding carboxylic acids is 1. The zero-order valence-electron chi connectivity index (χ0n) is 16.9. The van der Waals surface area contributed by atoms with Crippen molar-refractivity contribution >= 4 is 28.9 Å². The number of halogens is 7. The second kappa shape index (κ2) is 10.5. The van der Waals surface area contributed by atoms with E-state index in [0.717, 1.165) is 35.7 Å². The second-order valence-electron chi connectivity index (χ2n) is 6.94. The summed E-state index contributed by atoms with van der Waals surface area (Å²) in [5, 5.41) is 0. The third kappa shape index (κ3) is 6.81. The van der Waals surface area contributed by atoms with Crippen molar-refractivity contribution in [1.29, 1.82) is 0 Å². The van der Waals surface area contributed by atoms with Gasteiger partial charge in [-0.05, 0) is 30.3 Å². The van der Waals surface area contributed by atoms with E-state index >= 15 is 0 Å². The molecule has 0 saturated carbocycles. The van der Waals surface area contributed by atoms with Crippen molar-refractivity contribution in [2.75, 3.05) is 0 Å². The molecule has 2 aromatic carbocycles. The molecule has 0 saturated heterocycles. The van der Waals surface area contributed by atoms with Gasteiger partial charge in [-0.1, -0.05) is 54.6 Å². The van der Waals surface area contributed by atoms with E-state index in [4.69, 9.17) is 4.42 Å². The van der Waals surface area contributed by atoms with Crippen LogP contribution in [-0.2, 0) is 16.8 Å². The van der Waals surface area contributed by atoms with E-state index in [0.29, 0.717) is 16.3 Å². The molecule has 1 aromatic heterocycles. The molecule has 0 spiro atoms. The first kappa shape index (κ1) is 25.9. The summed E-state index contributed by atoms with van der Waals surface area (Å²) in [7, 11) is 0. The largest absolute Gasteiger partial charge is 0.441 e. The Morgan fingerprint density at radius 3 is 2.00 bits per heavy atom. The van der Waals surface area contributed by atoms with Crippen LogP contribution in [0.3, 0.4) is 0 Å². The van der Waals surface area contributed by atoms with E-state index in [9.17, 15) is 31.1 Å². The van der Waals surface area contributed by atoms with Gasteiger partial charge in [0.25, 0.3) is 0 Å². The highest BCUT2D eigenvalue weighted by Crippen LogP contribution is 2.34. The molecular formula is C22H18F6INO2. The van der Waals surface area contributed by atoms with Crippen molar-refractivity contribution in [3.63, 3.8) is 0 Å². The summed E-state index contributed by atoms with van der Waals surface area (Å²) in [5.74, 6) is 1.12. The molecule has 0 aliphatic carbocycles. The Labute approximate surface area is 194 Å². The van der Waals surface area contributed by atoms with Crippen LogP contribution in [0.25, 0.3) is 11.5 Å². The monoisotopic (exact) mass is 569 g/mol. The molecule has 0 radical (unpaired) electrons. The number of carbonyl (C=O) groups is 1. The maximum Gasteiger partial charge on any atom is 0.416 e. The van der Waals surface area contributed by atoms with Gasteiger partial charge in [0.15, 0.2) is 0 Å². The highest BCUT2D eigenvalue weighted by molar-refractivity contribution is 14.1. The molecule has 0 bridgehead atoms. The Bertz CT molecular complexity index is 1060. The Hall–Kier alpha value is -2.37. The van der Waals surface area contributed by atoms with Crippen LogP contribution in [0.4, 0.5) is 26.3 Å². The number of hydrogen-bond acceptors (Lipinski definition) is 3. The van der Waals surface area contributed by atoms with Gasteiger partial charge in [0.1, 0.15) is 12.0 Å². The lowest BCUT2D eigenvalue weighted by molar-refractivity contribution is -0.138. The van der Waals surface area contributed by atoms with Crippen molar-refractivity contribution in [3.05, 3.63) is 76.7 Å². The van der Waals surface area contributed by atoms with E-state index in [1.165, 1.54) is 18.2 Å². The Morgan fingerprint density at radius 1 is 0.969 bits per heavy atom. The fourth-order valence-electron chi connectivity index (χ4n) is 2.65. The van der Waals surface area contributed by atoms with Gasteiger partial charge in [-0.3, -0.25) is 4.79 Å². The number of hydrogen-bond donors (Lipinski definition) is 0. The quantitative estimate of drug-likeness (QED) is 0.139. The smallest absolute Gasteiger partial charge is 0.416 e. The average molecular weight is 569 g/mol. The van der Waals surface area contributed by atoms with Crippen molar-refractivity contribution in [2.45, 2.75) is 36.5 Å². The van der Waals surface area contributed by atoms with E-state index in [2.05, 4.69) is 27.6 Å². The topological polar surface area (TPSA) is 43.1 Å². The molecule has 0 N–H and O–H groups in total. The molecule has 32 heavy (non-hydrogen) atoms. The standard InChI is InChI=1S/C14H13F3INO.C8H5F3O/c1-8(2)12-11(7-18)19-13(20-12)9-4-3-5-10(6-9)14(15,16)17;9-8(10,11)7-3-1-2-6(4-7)5-12/h3-6,8H,7H2,1-2H3;1-5H. The van der Waals surface area contributed by atoms with Gasteiger partial charge < -0.3 is 4.42 Å². The number of aromatic nitrogens is 1. The molecule has 3 aromatic rings. The van der Waals surface area contributed by atoms with Crippen LogP contribution in [0.15, 0.2) is 52.9 Å². The zero-order valence-corrected chi connectivity index (χ0v) is 19.0. The third-order valence-electron chi connectivity index (χ3n) is 4.17. The van der Waals surface area contributed by atoms with E-state index in [1.807, 2.05) is 13.8 Å². The fourth-order valence-corrected chi connectivity index (χ4v) is 3.20. The van der Waals surface area contributed by atoms with Crippen LogP contribution in [0.1, 0.15) is 52.7 Å². The maximum absolute atomic E-state index is 12.7. The van der Waals surface area contributed by atoms with Crippen LogP contribution in [0.5, 0.6) is 0 Å². The first-order valence-electron chi connectivity index (χ1n) is 9.22. The number of oxazole rings is 1. The van der Waals surface area contributed by atoms with Crippen LogP contribution in [0, 0.1) is 0 Å². The zero-order chi connectivity index (χ0) is 24.1. The van der Waals surface area contributed by atoms with Gasteiger partial charge in [0, 0.05) is 21.5 Å². The van der Waals surface area contributed by atoms with E-state index in [1.54, 1.807) is 6.07 Å². The molecule has 0 atom stereocenters. The summed E-state index contributed by atoms with van der Waals surface area (Å²) < 4.78 is 80.4. The second-order valence-corrected chi connectivity index (χ2v) is 7.70. The molecule has 3 rings (SSSR count). The fraction of sp³-hybridized carbons (Fsp3) is 0.273. The predicted molar refractivity (Wildman–Crippen MR) is 116 cm³/mol. The van der Waals surface area contributed by atoms with Gasteiger partial charge >= 0.3 is 12.4 Å². The van der Waals surface area contributed by atoms with E-state index in [-0.39, 0.29) is 17.4 Å². The van der Waals surface area contributed by atoms with Crippen molar-refractivity contribution in [3.8, 4) is 11.5 Å². The van der Waals surface area contributed by atoms with Gasteiger partial charge in [-0.2, -0.15) is 26.3 Å². The molecule has 0 fully saturated rings. The van der Waals surface area contributed by atoms with Gasteiger partial charge in [0.05, 0.1) is 16.8 Å². The summed E-state index contributed by atoms with van der Waals surface area (Å²) in [6.45, 7) is 3.93. The molecule has 172 valence electrons. The molecule has 0 amide bonds. The Balaban J connectivity index is 0.000000258. The SMILES string of the molecule is CC(C)c1oc(-c2cccc(C(F)(F)F)c2)nc1CI.O=Cc1cccc(C(F)(F)F)c1. The lowest BCUT2D eigenvalue weighted by Gasteiger charge is -2.06. The van der Waals surface area contributed by atoms with Gasteiger partial charge in [-0.15, -0.1) is 0 Å². The number of alkyl halides is 7. The van der Waals surface area contributed by atoms with Crippen molar-refractivity contribution in [2.24, 2.45) is 0 Å². The summed E-state index contributed by atoms with van der Waals surface area (Å²) in [6.07, 6.45) is -8.36. The first-order valence-corrected chi connectivity index (χ1v) is 10.7. The maximum atomic E-state index is 12.7. The highest BCUT2D eigenvalue weighted by Gasteiger charge is 2.31. The Morgan fingerprint density at radius 2 is 1.53 bits per heavy atom. The van der Waals surface area contributed by atoms with Crippen molar-refractivity contribution in [1.82, 2.24) is 4.98 Å². The minimum absolute atomic E-state index is 0.0322. The third-order valence-corrected chi connectivity index (χ3v) is 4.89. The number of rotatable bonds is 4. The van der Waals surface area contributed by atoms with Crippen LogP contribution >= 0.6 is 22.6 Å². The summed E-state index contributed by atoms with van der Waals surface area (Å²) in [6, 6.07) is 9.29. The summed E-state index contributed by atoms with van der Waals surface area (Å²) >= 11 is 2.16. The highest BCUT2D eigenvalue weighted by atomic mass is 127. The molecule has 1 heterocycles. The molecule has 0 aliphatic rings. The number of nitrogens with zero attached hydrogens (tertiary/aromatic N) is 1. The summed E-state index contributed by atoms with van der Waals surface area (Å²) in [4.78, 5) is 14.4. The number of aldehydes is 1. The molecule has 0 aliphatic heterocycles. The molecule has 3 nitrogen and oxygen atoms in total. The minimum Gasteiger partial charge on any atom is -0.441 e. The first-order chi connectivity index (χ1) is 14.9. The van der Waals surface area contributed by atoms with Crippen molar-refractivity contribution < 1.29 is 35.6 Å². The van der Waals surface area contributed by atoms with Gasteiger partial charge in [-0.25, -0.2) is 4.98 Å². The summed E-state index contributed by atoms with van der Waals surface area (Å²) in [5.41, 5.74) is -0.335. The lowest BCUT2D eigenvalue weighted by atomic mass is 10.1. The molecule has 0 unspecified atom stereocenters. The van der Waals surface area contributed by atoms with Gasteiger partial charge in [0.2, 0.25) is 5.89 Å². The normalized spacial score (nSPS) is 11.8. The van der Waals surface area contributed by atoms with Crippen LogP contribution in [-0.4, -0.2) is 11.3 Å². The van der Waals surface area contributed by atoms with Crippen LogP contribution in [0.2, 0.25) is 0 Å². The lowest BCUT2D eigenvalue weighted by Crippen LogP contribution is -2.04. The van der Waals surface area contributed by atoms with Crippen LogP contribution < -0.4 is 0 Å². The molecule has 10 heteroatoms. The van der Waals surface area contributed by atoms with E-state index < -0.39 is 23.5 Å².